The van der Waals surface area contributed by atoms with Crippen LogP contribution in [0.15, 0.2) is 42.7 Å². The fraction of sp³-hybridized carbons (Fsp3) is 0.143. The summed E-state index contributed by atoms with van der Waals surface area (Å²) >= 11 is 6.02. The quantitative estimate of drug-likeness (QED) is 0.855. The average molecular weight is 292 g/mol. The van der Waals surface area contributed by atoms with Crippen molar-refractivity contribution in [1.82, 2.24) is 4.98 Å². The number of nitrogens with two attached hydrogens (primary N) is 1. The van der Waals surface area contributed by atoms with Crippen molar-refractivity contribution >= 4 is 23.2 Å². The van der Waals surface area contributed by atoms with Crippen molar-refractivity contribution in [3.8, 4) is 5.75 Å². The second-order valence-corrected chi connectivity index (χ2v) is 4.52. The Labute approximate surface area is 121 Å². The van der Waals surface area contributed by atoms with Crippen LogP contribution in [0.1, 0.15) is 5.56 Å². The third-order valence-corrected chi connectivity index (χ3v) is 2.88. The molecular weight excluding hydrogens is 278 g/mol. The Morgan fingerprint density at radius 1 is 1.30 bits per heavy atom. The summed E-state index contributed by atoms with van der Waals surface area (Å²) in [5, 5.41) is 3.82. The van der Waals surface area contributed by atoms with E-state index in [1.807, 2.05) is 12.1 Å². The van der Waals surface area contributed by atoms with Gasteiger partial charge < -0.3 is 15.8 Å². The van der Waals surface area contributed by atoms with Crippen molar-refractivity contribution in [2.45, 2.75) is 6.54 Å². The topological polar surface area (TPSA) is 77.2 Å². The number of hydrogen-bond donors (Lipinski definition) is 2. The minimum atomic E-state index is -0.498. The van der Waals surface area contributed by atoms with Gasteiger partial charge in [0.1, 0.15) is 5.75 Å². The molecule has 1 aromatic carbocycles. The number of rotatable bonds is 6. The molecule has 20 heavy (non-hydrogen) atoms. The lowest BCUT2D eigenvalue weighted by atomic mass is 10.2. The number of nitrogens with one attached hydrogen (secondary N) is 1. The first-order valence-electron chi connectivity index (χ1n) is 5.98. The summed E-state index contributed by atoms with van der Waals surface area (Å²) in [6.45, 7) is 0.490. The lowest BCUT2D eigenvalue weighted by molar-refractivity contribution is -0.119. The first-order valence-corrected chi connectivity index (χ1v) is 6.36. The van der Waals surface area contributed by atoms with E-state index in [-0.39, 0.29) is 6.61 Å². The molecule has 0 fully saturated rings. The van der Waals surface area contributed by atoms with E-state index in [0.717, 1.165) is 11.3 Å². The van der Waals surface area contributed by atoms with Gasteiger partial charge in [-0.05, 0) is 23.8 Å². The predicted molar refractivity (Wildman–Crippen MR) is 77.7 cm³/mol. The zero-order valence-corrected chi connectivity index (χ0v) is 11.4. The summed E-state index contributed by atoms with van der Waals surface area (Å²) in [5.74, 6) is 0.105. The molecule has 104 valence electrons. The molecule has 0 bridgehead atoms. The molecule has 1 aromatic heterocycles. The van der Waals surface area contributed by atoms with Crippen molar-refractivity contribution in [3.63, 3.8) is 0 Å². The molecule has 6 heteroatoms. The number of aromatic nitrogens is 1. The number of benzene rings is 1. The monoisotopic (exact) mass is 291 g/mol. The molecule has 1 heterocycles. The Bertz CT molecular complexity index is 587. The van der Waals surface area contributed by atoms with Crippen LogP contribution in [0.3, 0.4) is 0 Å². The summed E-state index contributed by atoms with van der Waals surface area (Å²) in [5.41, 5.74) is 6.84. The van der Waals surface area contributed by atoms with E-state index in [9.17, 15) is 4.79 Å². The second-order valence-electron chi connectivity index (χ2n) is 4.11. The zero-order chi connectivity index (χ0) is 14.4. The molecule has 0 aliphatic rings. The van der Waals surface area contributed by atoms with Crippen molar-refractivity contribution in [3.05, 3.63) is 53.3 Å². The molecule has 1 amide bonds. The molecule has 0 aliphatic heterocycles. The van der Waals surface area contributed by atoms with E-state index >= 15 is 0 Å². The number of amides is 1. The molecule has 2 rings (SSSR count). The summed E-state index contributed by atoms with van der Waals surface area (Å²) in [6, 6.07) is 9.08. The number of halogens is 1. The lowest BCUT2D eigenvalue weighted by Gasteiger charge is -2.08. The van der Waals surface area contributed by atoms with Gasteiger partial charge in [0.15, 0.2) is 6.61 Å². The van der Waals surface area contributed by atoms with Crippen LogP contribution < -0.4 is 15.8 Å². The smallest absolute Gasteiger partial charge is 0.255 e. The molecule has 0 unspecified atom stereocenters. The van der Waals surface area contributed by atoms with Gasteiger partial charge in [-0.3, -0.25) is 9.78 Å². The van der Waals surface area contributed by atoms with E-state index in [1.165, 1.54) is 0 Å². The summed E-state index contributed by atoms with van der Waals surface area (Å²) in [6.07, 6.45) is 3.31. The first kappa shape index (κ1) is 14.1. The van der Waals surface area contributed by atoms with Crippen molar-refractivity contribution in [2.75, 3.05) is 11.9 Å². The Morgan fingerprint density at radius 3 is 2.70 bits per heavy atom. The van der Waals surface area contributed by atoms with Crippen LogP contribution in [0.5, 0.6) is 5.75 Å². The fourth-order valence-electron chi connectivity index (χ4n) is 1.56. The fourth-order valence-corrected chi connectivity index (χ4v) is 1.73. The van der Waals surface area contributed by atoms with Crippen molar-refractivity contribution in [1.29, 1.82) is 0 Å². The van der Waals surface area contributed by atoms with Gasteiger partial charge >= 0.3 is 0 Å². The van der Waals surface area contributed by atoms with Gasteiger partial charge in [0, 0.05) is 12.7 Å². The molecule has 0 atom stereocenters. The van der Waals surface area contributed by atoms with Gasteiger partial charge in [0.05, 0.1) is 16.9 Å². The number of carbonyl (C=O) groups is 1. The Kier molecular flexibility index (Phi) is 4.79. The van der Waals surface area contributed by atoms with Gasteiger partial charge in [-0.2, -0.15) is 0 Å². The van der Waals surface area contributed by atoms with Gasteiger partial charge in [-0.15, -0.1) is 0 Å². The maximum atomic E-state index is 10.6. The van der Waals surface area contributed by atoms with E-state index in [0.29, 0.717) is 17.3 Å². The third kappa shape index (κ3) is 4.13. The van der Waals surface area contributed by atoms with Crippen LogP contribution in [-0.2, 0) is 11.3 Å². The van der Waals surface area contributed by atoms with Gasteiger partial charge in [-0.1, -0.05) is 23.7 Å². The molecule has 3 N–H and O–H groups in total. The van der Waals surface area contributed by atoms with Crippen LogP contribution >= 0.6 is 11.6 Å². The number of hydrogen-bond acceptors (Lipinski definition) is 4. The maximum absolute atomic E-state index is 10.6. The highest BCUT2D eigenvalue weighted by atomic mass is 35.5. The average Bonchev–Trinajstić information content (AvgIpc) is 2.45. The van der Waals surface area contributed by atoms with Crippen LogP contribution in [0, 0.1) is 0 Å². The molecule has 5 nitrogen and oxygen atoms in total. The largest absolute Gasteiger partial charge is 0.484 e. The van der Waals surface area contributed by atoms with Crippen LogP contribution in [0.25, 0.3) is 0 Å². The second kappa shape index (κ2) is 6.77. The highest BCUT2D eigenvalue weighted by Crippen LogP contribution is 2.20. The molecule has 0 saturated carbocycles. The highest BCUT2D eigenvalue weighted by molar-refractivity contribution is 6.33. The van der Waals surface area contributed by atoms with Crippen LogP contribution in [0.4, 0.5) is 5.69 Å². The predicted octanol–water partition coefficient (Wildman–Crippen LogP) is 2.21. The van der Waals surface area contributed by atoms with Crippen molar-refractivity contribution < 1.29 is 9.53 Å². The Morgan fingerprint density at radius 2 is 2.05 bits per heavy atom. The number of primary amides is 1. The molecule has 0 aliphatic carbocycles. The Balaban J connectivity index is 1.91. The molecular formula is C14H14ClN3O2. The minimum Gasteiger partial charge on any atom is -0.484 e. The minimum absolute atomic E-state index is 0.122. The molecule has 0 radical (unpaired) electrons. The van der Waals surface area contributed by atoms with Crippen molar-refractivity contribution in [2.24, 2.45) is 5.73 Å². The molecule has 0 spiro atoms. The zero-order valence-electron chi connectivity index (χ0n) is 10.7. The number of pyridine rings is 1. The summed E-state index contributed by atoms with van der Waals surface area (Å²) in [4.78, 5) is 14.6. The van der Waals surface area contributed by atoms with Crippen LogP contribution in [0.2, 0.25) is 5.02 Å². The normalized spacial score (nSPS) is 10.1. The number of ether oxygens (including phenoxy) is 1. The van der Waals surface area contributed by atoms with E-state index in [1.54, 1.807) is 30.6 Å². The summed E-state index contributed by atoms with van der Waals surface area (Å²) in [7, 11) is 0. The van der Waals surface area contributed by atoms with E-state index in [2.05, 4.69) is 10.3 Å². The highest BCUT2D eigenvalue weighted by Gasteiger charge is 2.01. The molecule has 0 saturated heterocycles. The first-order chi connectivity index (χ1) is 9.65. The van der Waals surface area contributed by atoms with Crippen LogP contribution in [-0.4, -0.2) is 17.5 Å². The molecule has 2 aromatic rings. The van der Waals surface area contributed by atoms with E-state index in [4.69, 9.17) is 22.1 Å². The van der Waals surface area contributed by atoms with E-state index < -0.39 is 5.91 Å². The lowest BCUT2D eigenvalue weighted by Crippen LogP contribution is -2.19. The van der Waals surface area contributed by atoms with Gasteiger partial charge in [0.2, 0.25) is 0 Å². The SMILES string of the molecule is NC(=O)COc1ccc(CNc2cnccc2Cl)cc1. The number of anilines is 1. The van der Waals surface area contributed by atoms with Gasteiger partial charge in [0.25, 0.3) is 5.91 Å². The Hall–Kier alpha value is -2.27. The van der Waals surface area contributed by atoms with Gasteiger partial charge in [-0.25, -0.2) is 0 Å². The third-order valence-electron chi connectivity index (χ3n) is 2.56. The number of carbonyl (C=O) groups excluding carboxylic acids is 1. The summed E-state index contributed by atoms with van der Waals surface area (Å²) < 4.78 is 5.18. The standard InChI is InChI=1S/C14H14ClN3O2/c15-12-5-6-17-8-13(12)18-7-10-1-3-11(4-2-10)20-9-14(16)19/h1-6,8,18H,7,9H2,(H2,16,19). The maximum Gasteiger partial charge on any atom is 0.255 e. The number of nitrogens with zero attached hydrogens (tertiary/aromatic N) is 1.